The molecule has 3 aromatic rings. The lowest BCUT2D eigenvalue weighted by Gasteiger charge is -2.43. The van der Waals surface area contributed by atoms with Crippen molar-refractivity contribution in [3.05, 3.63) is 67.9 Å². The van der Waals surface area contributed by atoms with Crippen molar-refractivity contribution in [2.75, 3.05) is 11.9 Å². The fourth-order valence-corrected chi connectivity index (χ4v) is 5.61. The maximum absolute atomic E-state index is 13.4. The van der Waals surface area contributed by atoms with Gasteiger partial charge in [0.2, 0.25) is 0 Å². The van der Waals surface area contributed by atoms with Crippen molar-refractivity contribution in [2.24, 2.45) is 7.05 Å². The Morgan fingerprint density at radius 2 is 1.91 bits per heavy atom. The van der Waals surface area contributed by atoms with Gasteiger partial charge >= 0.3 is 6.18 Å². The zero-order chi connectivity index (χ0) is 24.6. The molecule has 1 atom stereocenters. The molecule has 1 unspecified atom stereocenters. The summed E-state index contributed by atoms with van der Waals surface area (Å²) < 4.78 is 48.8. The van der Waals surface area contributed by atoms with E-state index in [0.717, 1.165) is 10.7 Å². The van der Waals surface area contributed by atoms with Crippen molar-refractivity contribution in [1.29, 1.82) is 0 Å². The summed E-state index contributed by atoms with van der Waals surface area (Å²) in [7, 11) is 1.47. The molecule has 3 aliphatic rings. The Kier molecular flexibility index (Phi) is 4.78. The second-order valence-corrected chi connectivity index (χ2v) is 9.79. The van der Waals surface area contributed by atoms with Gasteiger partial charge in [0.05, 0.1) is 34.7 Å². The summed E-state index contributed by atoms with van der Waals surface area (Å²) in [6.07, 6.45) is -1.43. The van der Waals surface area contributed by atoms with E-state index in [4.69, 9.17) is 4.74 Å². The zero-order valence-electron chi connectivity index (χ0n) is 19.3. The van der Waals surface area contributed by atoms with Gasteiger partial charge in [-0.05, 0) is 38.0 Å². The van der Waals surface area contributed by atoms with Gasteiger partial charge in [-0.3, -0.25) is 9.59 Å². The number of nitrogens with zero attached hydrogens (tertiary/aromatic N) is 3. The lowest BCUT2D eigenvalue weighted by atomic mass is 9.69. The Hall–Kier alpha value is -3.14. The van der Waals surface area contributed by atoms with Gasteiger partial charge in [-0.15, -0.1) is 0 Å². The van der Waals surface area contributed by atoms with E-state index in [-0.39, 0.29) is 22.1 Å². The first-order valence-electron chi connectivity index (χ1n) is 11.1. The fraction of sp³-hybridized carbons (Fsp3) is 0.458. The molecule has 2 saturated heterocycles. The normalized spacial score (nSPS) is 24.8. The topological polar surface area (TPSA) is 78.2 Å². The minimum absolute atomic E-state index is 0.122. The smallest absolute Gasteiger partial charge is 0.373 e. The second-order valence-electron chi connectivity index (χ2n) is 9.79. The molecule has 1 aromatic carbocycles. The second kappa shape index (κ2) is 7.18. The van der Waals surface area contributed by atoms with E-state index in [2.05, 4.69) is 10.4 Å². The van der Waals surface area contributed by atoms with Crippen LogP contribution in [0.2, 0.25) is 0 Å². The van der Waals surface area contributed by atoms with Gasteiger partial charge in [-0.25, -0.2) is 4.68 Å². The molecule has 0 amide bonds. The van der Waals surface area contributed by atoms with Crippen LogP contribution in [0.4, 0.5) is 19.0 Å². The largest absolute Gasteiger partial charge is 0.416 e. The van der Waals surface area contributed by atoms with Crippen molar-refractivity contribution in [1.82, 2.24) is 14.3 Å². The molecule has 3 fully saturated rings. The minimum atomic E-state index is -4.46. The number of hydrogen-bond donors (Lipinski definition) is 1. The number of anilines is 1. The van der Waals surface area contributed by atoms with Crippen LogP contribution in [0.25, 0.3) is 10.8 Å². The fourth-order valence-electron chi connectivity index (χ4n) is 5.61. The molecule has 10 heteroatoms. The molecule has 1 saturated carbocycles. The highest BCUT2D eigenvalue weighted by molar-refractivity contribution is 5.90. The summed E-state index contributed by atoms with van der Waals surface area (Å²) in [5.74, 6) is 0.313. The third-order valence-corrected chi connectivity index (χ3v) is 7.19. The number of hydrogen-bond acceptors (Lipinski definition) is 5. The number of pyridine rings is 1. The van der Waals surface area contributed by atoms with E-state index in [9.17, 15) is 22.8 Å². The third-order valence-electron chi connectivity index (χ3n) is 7.19. The predicted molar refractivity (Wildman–Crippen MR) is 121 cm³/mol. The van der Waals surface area contributed by atoms with E-state index in [1.807, 2.05) is 6.92 Å². The lowest BCUT2D eigenvalue weighted by molar-refractivity contribution is -0.138. The maximum atomic E-state index is 13.4. The highest BCUT2D eigenvalue weighted by Gasteiger charge is 2.61. The van der Waals surface area contributed by atoms with Crippen LogP contribution in [0.5, 0.6) is 0 Å². The van der Waals surface area contributed by atoms with Crippen LogP contribution in [-0.2, 0) is 23.5 Å². The molecule has 1 aliphatic carbocycles. The Labute approximate surface area is 193 Å². The molecule has 2 aromatic heterocycles. The first-order chi connectivity index (χ1) is 15.8. The standard InChI is InChI=1S/C24H25F3N4O3/c1-13-15(6-5-7-18(13)24(25,26)27)14(2)28-20-17-9-31(23-10-22(3,11-23)34-12-23)19(32)8-16(17)21(33)30(4)29-20/h5-9,14H,10-12H2,1-4H3,(H,28,29). The molecule has 34 heavy (non-hydrogen) atoms. The molecule has 6 rings (SSSR count). The van der Waals surface area contributed by atoms with Crippen molar-refractivity contribution >= 4 is 16.6 Å². The summed E-state index contributed by atoms with van der Waals surface area (Å²) in [6.45, 7) is 5.59. The summed E-state index contributed by atoms with van der Waals surface area (Å²) in [6, 6.07) is 4.83. The van der Waals surface area contributed by atoms with Crippen LogP contribution in [0, 0.1) is 6.92 Å². The average molecular weight is 474 g/mol. The number of fused-ring (bicyclic) bond motifs is 2. The van der Waals surface area contributed by atoms with Gasteiger partial charge in [-0.2, -0.15) is 18.3 Å². The molecule has 4 heterocycles. The number of halogens is 3. The minimum Gasteiger partial charge on any atom is -0.373 e. The van der Waals surface area contributed by atoms with Crippen LogP contribution < -0.4 is 16.4 Å². The highest BCUT2D eigenvalue weighted by atomic mass is 19.4. The van der Waals surface area contributed by atoms with Gasteiger partial charge in [0.1, 0.15) is 0 Å². The molecule has 7 nitrogen and oxygen atoms in total. The van der Waals surface area contributed by atoms with E-state index >= 15 is 0 Å². The number of benzene rings is 1. The monoisotopic (exact) mass is 474 g/mol. The Morgan fingerprint density at radius 3 is 2.53 bits per heavy atom. The number of rotatable bonds is 4. The van der Waals surface area contributed by atoms with Gasteiger partial charge < -0.3 is 14.6 Å². The van der Waals surface area contributed by atoms with Crippen LogP contribution in [-0.4, -0.2) is 26.6 Å². The molecular formula is C24H25F3N4O3. The zero-order valence-corrected chi connectivity index (χ0v) is 19.3. The summed E-state index contributed by atoms with van der Waals surface area (Å²) in [5.41, 5.74) is -1.53. The predicted octanol–water partition coefficient (Wildman–Crippen LogP) is 3.87. The molecule has 0 radical (unpaired) electrons. The summed E-state index contributed by atoms with van der Waals surface area (Å²) in [4.78, 5) is 25.7. The van der Waals surface area contributed by atoms with Crippen LogP contribution in [0.1, 0.15) is 49.4 Å². The first kappa shape index (κ1) is 22.6. The van der Waals surface area contributed by atoms with Crippen LogP contribution in [0.15, 0.2) is 40.1 Å². The highest BCUT2D eigenvalue weighted by Crippen LogP contribution is 2.55. The average Bonchev–Trinajstić information content (AvgIpc) is 3.25. The summed E-state index contributed by atoms with van der Waals surface area (Å²) in [5, 5.41) is 8.15. The number of ether oxygens (including phenoxy) is 1. The molecule has 2 bridgehead atoms. The van der Waals surface area contributed by atoms with E-state index in [1.165, 1.54) is 26.1 Å². The van der Waals surface area contributed by atoms with Crippen LogP contribution >= 0.6 is 0 Å². The quantitative estimate of drug-likeness (QED) is 0.621. The number of alkyl halides is 3. The van der Waals surface area contributed by atoms with Crippen LogP contribution in [0.3, 0.4) is 0 Å². The number of nitrogens with one attached hydrogen (secondary N) is 1. The van der Waals surface area contributed by atoms with Crippen molar-refractivity contribution in [3.8, 4) is 0 Å². The van der Waals surface area contributed by atoms with Crippen molar-refractivity contribution in [3.63, 3.8) is 0 Å². The van der Waals surface area contributed by atoms with Gasteiger partial charge in [0.15, 0.2) is 5.82 Å². The maximum Gasteiger partial charge on any atom is 0.416 e. The Balaban J connectivity index is 1.60. The molecule has 2 aliphatic heterocycles. The van der Waals surface area contributed by atoms with Crippen molar-refractivity contribution < 1.29 is 17.9 Å². The molecule has 0 spiro atoms. The Morgan fingerprint density at radius 1 is 1.21 bits per heavy atom. The van der Waals surface area contributed by atoms with Gasteiger partial charge in [-0.1, -0.05) is 12.1 Å². The lowest BCUT2D eigenvalue weighted by Crippen LogP contribution is -2.52. The molecular weight excluding hydrogens is 449 g/mol. The SMILES string of the molecule is Cc1c(C(C)Nc2nn(C)c(=O)c3cc(=O)n(C45COC(C)(C4)C5)cc23)cccc1C(F)(F)F. The van der Waals surface area contributed by atoms with E-state index in [0.29, 0.717) is 36.2 Å². The number of aromatic nitrogens is 3. The van der Waals surface area contributed by atoms with Gasteiger partial charge in [0, 0.05) is 37.5 Å². The number of aryl methyl sites for hydroxylation is 1. The first-order valence-corrected chi connectivity index (χ1v) is 11.1. The Bertz CT molecular complexity index is 1430. The third kappa shape index (κ3) is 3.34. The molecule has 180 valence electrons. The van der Waals surface area contributed by atoms with Crippen molar-refractivity contribution in [2.45, 2.75) is 57.0 Å². The summed E-state index contributed by atoms with van der Waals surface area (Å²) >= 11 is 0. The van der Waals surface area contributed by atoms with E-state index in [1.54, 1.807) is 23.8 Å². The van der Waals surface area contributed by atoms with E-state index < -0.39 is 28.9 Å². The van der Waals surface area contributed by atoms with Gasteiger partial charge in [0.25, 0.3) is 11.1 Å². The molecule has 1 N–H and O–H groups in total.